The molecule has 2 saturated heterocycles. The zero-order valence-electron chi connectivity index (χ0n) is 24.7. The van der Waals surface area contributed by atoms with E-state index in [2.05, 4.69) is 42.2 Å². The summed E-state index contributed by atoms with van der Waals surface area (Å²) in [7, 11) is 0. The van der Waals surface area contributed by atoms with Crippen molar-refractivity contribution < 1.29 is 32.3 Å². The summed E-state index contributed by atoms with van der Waals surface area (Å²) in [6.45, 7) is -5.71. The van der Waals surface area contributed by atoms with E-state index >= 15 is 0 Å². The van der Waals surface area contributed by atoms with Crippen molar-refractivity contribution in [2.24, 2.45) is 17.8 Å². The number of nitrogens with two attached hydrogens (primary N) is 1. The summed E-state index contributed by atoms with van der Waals surface area (Å²) in [6.07, 6.45) is 6.58. The van der Waals surface area contributed by atoms with Crippen LogP contribution in [-0.4, -0.2) is 80.4 Å². The maximum atomic E-state index is 13.3. The number of aromatic nitrogens is 9. The number of rotatable bonds is 2. The normalized spacial score (nSPS) is 35.4. The number of H-pyrrole nitrogens is 1. The predicted octanol–water partition coefficient (Wildman–Crippen LogP) is 2.60. The third-order valence-corrected chi connectivity index (χ3v) is 12.4. The maximum absolute atomic E-state index is 13.3. The monoisotopic (exact) mass is 724 g/mol. The Balaban J connectivity index is 1.06. The Hall–Kier alpha value is -2.77. The Morgan fingerprint density at radius 1 is 1.11 bits per heavy atom. The molecule has 22 heteroatoms. The van der Waals surface area contributed by atoms with Crippen LogP contribution in [0.3, 0.4) is 0 Å². The number of ether oxygens (including phenoxy) is 1. The van der Waals surface area contributed by atoms with Gasteiger partial charge in [0.25, 0.3) is 5.56 Å². The highest BCUT2D eigenvalue weighted by Crippen LogP contribution is 2.58. The molecule has 250 valence electrons. The molecule has 4 N–H and O–H groups in total. The molecule has 0 radical (unpaired) electrons. The molecule has 1 saturated carbocycles. The summed E-state index contributed by atoms with van der Waals surface area (Å²) < 4.78 is 48.6. The molecule has 2 aliphatic heterocycles. The molecule has 9 atom stereocenters. The Morgan fingerprint density at radius 3 is 2.77 bits per heavy atom. The van der Waals surface area contributed by atoms with E-state index in [-0.39, 0.29) is 66.9 Å². The highest BCUT2D eigenvalue weighted by atomic mass is 32.7. The average Bonchev–Trinajstić information content (AvgIpc) is 3.79. The fourth-order valence-corrected chi connectivity index (χ4v) is 9.56. The SMILES string of the molecule is C[C@@H]1[C@@H]2OP(O)(=S)OC[C@H]3C[C@@H](n4cnc5c(=O)[nH]c6nccn6c54)[C@@H]3COP(=O)(S)OCC[C@H]2O[C@H]1n1cnc2c(N)ncnc21. The molecule has 7 heterocycles. The average molecular weight is 725 g/mol. The molecule has 47 heavy (non-hydrogen) atoms. The Bertz CT molecular complexity index is 2160. The van der Waals surface area contributed by atoms with Gasteiger partial charge >= 0.3 is 13.5 Å². The number of hydrogen-bond donors (Lipinski definition) is 4. The number of anilines is 1. The number of fused-ring (bicyclic) bond motifs is 6. The first-order valence-corrected chi connectivity index (χ1v) is 20.1. The van der Waals surface area contributed by atoms with Gasteiger partial charge in [0.05, 0.1) is 38.6 Å². The lowest BCUT2D eigenvalue weighted by Gasteiger charge is -2.45. The van der Waals surface area contributed by atoms with E-state index in [1.165, 1.54) is 6.33 Å². The molecular formula is C25H30N10O8P2S2. The van der Waals surface area contributed by atoms with Crippen LogP contribution >= 0.6 is 25.8 Å². The van der Waals surface area contributed by atoms with Gasteiger partial charge in [0, 0.05) is 36.7 Å². The molecule has 0 amide bonds. The topological polar surface area (TPSA) is 221 Å². The second kappa shape index (κ2) is 11.7. The first kappa shape index (κ1) is 31.5. The molecule has 3 fully saturated rings. The predicted molar refractivity (Wildman–Crippen MR) is 173 cm³/mol. The number of nitrogens with zero attached hydrogens (tertiary/aromatic N) is 8. The van der Waals surface area contributed by atoms with Crippen molar-refractivity contribution in [2.75, 3.05) is 25.6 Å². The fourth-order valence-electron chi connectivity index (χ4n) is 6.79. The zero-order chi connectivity index (χ0) is 32.7. The summed E-state index contributed by atoms with van der Waals surface area (Å²) in [6, 6.07) is -0.226. The van der Waals surface area contributed by atoms with E-state index in [1.54, 1.807) is 34.0 Å². The van der Waals surface area contributed by atoms with Crippen molar-refractivity contribution in [3.05, 3.63) is 41.7 Å². The van der Waals surface area contributed by atoms with Crippen LogP contribution in [0, 0.1) is 17.8 Å². The molecule has 3 aliphatic rings. The Labute approximate surface area is 275 Å². The minimum Gasteiger partial charge on any atom is -0.382 e. The molecule has 2 unspecified atom stereocenters. The highest BCUT2D eigenvalue weighted by molar-refractivity contribution is 8.44. The number of aromatic amines is 1. The second-order valence-electron chi connectivity index (χ2n) is 11.9. The van der Waals surface area contributed by atoms with Gasteiger partial charge in [-0.3, -0.25) is 18.7 Å². The molecule has 0 bridgehead atoms. The highest BCUT2D eigenvalue weighted by Gasteiger charge is 2.49. The van der Waals surface area contributed by atoms with Crippen molar-refractivity contribution in [1.82, 2.24) is 43.4 Å². The smallest absolute Gasteiger partial charge is 0.382 e. The first-order chi connectivity index (χ1) is 22.5. The van der Waals surface area contributed by atoms with E-state index in [9.17, 15) is 14.3 Å². The molecule has 5 aromatic heterocycles. The summed E-state index contributed by atoms with van der Waals surface area (Å²) >= 11 is 9.74. The van der Waals surface area contributed by atoms with Crippen LogP contribution in [-0.2, 0) is 39.2 Å². The van der Waals surface area contributed by atoms with Gasteiger partial charge < -0.3 is 38.0 Å². The maximum Gasteiger partial charge on any atom is 0.386 e. The molecule has 0 spiro atoms. The third-order valence-electron chi connectivity index (χ3n) is 9.18. The van der Waals surface area contributed by atoms with Crippen molar-refractivity contribution in [1.29, 1.82) is 0 Å². The lowest BCUT2D eigenvalue weighted by molar-refractivity contribution is -0.0336. The summed E-state index contributed by atoms with van der Waals surface area (Å²) in [4.78, 5) is 47.9. The van der Waals surface area contributed by atoms with Gasteiger partial charge in [-0.15, -0.1) is 0 Å². The molecule has 18 nitrogen and oxygen atoms in total. The van der Waals surface area contributed by atoms with Crippen LogP contribution in [0.1, 0.15) is 32.0 Å². The number of nitrogens with one attached hydrogen (secondary N) is 1. The summed E-state index contributed by atoms with van der Waals surface area (Å²) in [5.74, 6) is -0.233. The van der Waals surface area contributed by atoms with Gasteiger partial charge in [0.15, 0.2) is 22.6 Å². The van der Waals surface area contributed by atoms with E-state index in [0.29, 0.717) is 29.0 Å². The lowest BCUT2D eigenvalue weighted by Crippen LogP contribution is -2.43. The third kappa shape index (κ3) is 5.53. The van der Waals surface area contributed by atoms with Crippen LogP contribution < -0.4 is 11.3 Å². The van der Waals surface area contributed by atoms with Crippen molar-refractivity contribution >= 4 is 71.5 Å². The summed E-state index contributed by atoms with van der Waals surface area (Å²) in [5, 5.41) is 0. The van der Waals surface area contributed by atoms with E-state index in [4.69, 9.17) is 40.4 Å². The lowest BCUT2D eigenvalue weighted by atomic mass is 9.70. The van der Waals surface area contributed by atoms with Gasteiger partial charge in [-0.05, 0) is 24.1 Å². The first-order valence-electron chi connectivity index (χ1n) is 14.8. The van der Waals surface area contributed by atoms with Crippen LogP contribution in [0.4, 0.5) is 5.82 Å². The van der Waals surface area contributed by atoms with Crippen molar-refractivity contribution in [3.63, 3.8) is 0 Å². The van der Waals surface area contributed by atoms with Crippen LogP contribution in [0.5, 0.6) is 0 Å². The number of imidazole rings is 3. The molecule has 5 aromatic rings. The Kier molecular flexibility index (Phi) is 7.83. The van der Waals surface area contributed by atoms with E-state index < -0.39 is 32.0 Å². The van der Waals surface area contributed by atoms with E-state index in [0.717, 1.165) is 0 Å². The summed E-state index contributed by atoms with van der Waals surface area (Å²) in [5.41, 5.74) is 7.32. The zero-order valence-corrected chi connectivity index (χ0v) is 28.2. The fraction of sp³-hybridized carbons (Fsp3) is 0.520. The van der Waals surface area contributed by atoms with Crippen LogP contribution in [0.15, 0.2) is 36.2 Å². The molecular weight excluding hydrogens is 694 g/mol. The quantitative estimate of drug-likeness (QED) is 0.152. The van der Waals surface area contributed by atoms with Gasteiger partial charge in [-0.1, -0.05) is 19.2 Å². The van der Waals surface area contributed by atoms with Crippen LogP contribution in [0.2, 0.25) is 0 Å². The minimum absolute atomic E-state index is 0.00901. The molecule has 0 aromatic carbocycles. The Morgan fingerprint density at radius 2 is 1.91 bits per heavy atom. The number of thiol groups is 1. The largest absolute Gasteiger partial charge is 0.386 e. The number of nitrogen functional groups attached to an aromatic ring is 1. The molecule has 1 aliphatic carbocycles. The van der Waals surface area contributed by atoms with Gasteiger partial charge in [0.1, 0.15) is 24.2 Å². The minimum atomic E-state index is -3.81. The van der Waals surface area contributed by atoms with Crippen LogP contribution in [0.25, 0.3) is 28.1 Å². The van der Waals surface area contributed by atoms with E-state index in [1.807, 2.05) is 11.5 Å². The second-order valence-corrected chi connectivity index (χ2v) is 17.6. The standard InChI is InChI=1S/C25H30N10O8P2S2/c1-12-19-16(42-24(12)35-11-30-17-20(26)28-9-29-21(17)35)2-5-39-44(37,46)41-8-14-13(7-40-45(38,47)43-19)6-15(14)34-10-31-18-22(36)32-25-27-3-4-33(25)23(18)34/h3-4,9-16,19,24H,2,5-8H2,1H3,(H,37,46)(H,38,47)(H2,26,28,29)(H,27,32,36)/t12-,13-,14-,15-,16-,19+,24-,44?,45?/m1/s1. The van der Waals surface area contributed by atoms with Crippen molar-refractivity contribution in [3.8, 4) is 0 Å². The molecule has 8 rings (SSSR count). The van der Waals surface area contributed by atoms with Gasteiger partial charge in [-0.2, -0.15) is 0 Å². The van der Waals surface area contributed by atoms with Crippen molar-refractivity contribution in [2.45, 2.75) is 44.2 Å². The van der Waals surface area contributed by atoms with Gasteiger partial charge in [0.2, 0.25) is 5.78 Å². The number of hydrogen-bond acceptors (Lipinski definition) is 14. The van der Waals surface area contributed by atoms with Gasteiger partial charge in [-0.25, -0.2) is 29.5 Å².